The Morgan fingerprint density at radius 2 is 1.79 bits per heavy atom. The van der Waals surface area contributed by atoms with Gasteiger partial charge in [-0.1, -0.05) is 38.1 Å². The molecule has 2 unspecified atom stereocenters. The maximum atomic E-state index is 11.1. The smallest absolute Gasteiger partial charge is 0.322 e. The van der Waals surface area contributed by atoms with Gasteiger partial charge in [-0.05, 0) is 37.6 Å². The molecule has 0 bridgehead atoms. The van der Waals surface area contributed by atoms with Crippen LogP contribution in [0.1, 0.15) is 31.0 Å². The Morgan fingerprint density at radius 3 is 2.16 bits per heavy atom. The molecule has 0 amide bonds. The van der Waals surface area contributed by atoms with Gasteiger partial charge in [-0.15, -0.1) is 0 Å². The molecular weight excluding hydrogens is 240 g/mol. The lowest BCUT2D eigenvalue weighted by Gasteiger charge is -2.28. The number of benzene rings is 1. The van der Waals surface area contributed by atoms with Crippen LogP contribution in [0.2, 0.25) is 0 Å². The zero-order valence-corrected chi connectivity index (χ0v) is 12.1. The van der Waals surface area contributed by atoms with Gasteiger partial charge in [0.2, 0.25) is 0 Å². The maximum Gasteiger partial charge on any atom is 0.322 e. The van der Waals surface area contributed by atoms with Gasteiger partial charge in [0.25, 0.3) is 0 Å². The topological polar surface area (TPSA) is 66.6 Å². The molecule has 1 aromatic rings. The molecular formula is C15H24N2O2. The number of likely N-dealkylation sites (N-methyl/N-ethyl adjacent to an activating group) is 1. The van der Waals surface area contributed by atoms with Crippen LogP contribution in [0.15, 0.2) is 24.3 Å². The Kier molecular flexibility index (Phi) is 5.51. The highest BCUT2D eigenvalue weighted by atomic mass is 16.4. The van der Waals surface area contributed by atoms with Crippen LogP contribution >= 0.6 is 0 Å². The first-order chi connectivity index (χ1) is 8.82. The van der Waals surface area contributed by atoms with Gasteiger partial charge in [0.05, 0.1) is 6.04 Å². The summed E-state index contributed by atoms with van der Waals surface area (Å²) in [4.78, 5) is 12.9. The van der Waals surface area contributed by atoms with Crippen LogP contribution in [0.4, 0.5) is 0 Å². The summed E-state index contributed by atoms with van der Waals surface area (Å²) in [5.74, 6) is -0.373. The van der Waals surface area contributed by atoms with E-state index in [1.165, 1.54) is 5.56 Å². The van der Waals surface area contributed by atoms with Crippen LogP contribution < -0.4 is 5.73 Å². The third kappa shape index (κ3) is 4.33. The normalized spacial score (nSPS) is 14.7. The van der Waals surface area contributed by atoms with E-state index >= 15 is 0 Å². The van der Waals surface area contributed by atoms with Gasteiger partial charge in [-0.3, -0.25) is 4.79 Å². The third-order valence-electron chi connectivity index (χ3n) is 3.15. The SMILES string of the molecule is CC(C)Cc1ccc(C(C(N)C(=O)O)N(C)C)cc1. The van der Waals surface area contributed by atoms with E-state index in [-0.39, 0.29) is 6.04 Å². The van der Waals surface area contributed by atoms with E-state index in [9.17, 15) is 4.79 Å². The number of hydrogen-bond acceptors (Lipinski definition) is 3. The summed E-state index contributed by atoms with van der Waals surface area (Å²) in [6.45, 7) is 4.35. The Labute approximate surface area is 115 Å². The minimum atomic E-state index is -0.982. The summed E-state index contributed by atoms with van der Waals surface area (Å²) >= 11 is 0. The fourth-order valence-corrected chi connectivity index (χ4v) is 2.28. The van der Waals surface area contributed by atoms with Gasteiger partial charge < -0.3 is 15.7 Å². The molecule has 4 nitrogen and oxygen atoms in total. The minimum absolute atomic E-state index is 0.314. The quantitative estimate of drug-likeness (QED) is 0.823. The first-order valence-corrected chi connectivity index (χ1v) is 6.56. The van der Waals surface area contributed by atoms with Gasteiger partial charge >= 0.3 is 5.97 Å². The van der Waals surface area contributed by atoms with Crippen molar-refractivity contribution in [1.82, 2.24) is 4.90 Å². The van der Waals surface area contributed by atoms with E-state index in [0.717, 1.165) is 12.0 Å². The molecule has 0 aromatic heterocycles. The van der Waals surface area contributed by atoms with Crippen molar-refractivity contribution in [2.24, 2.45) is 11.7 Å². The number of carbonyl (C=O) groups is 1. The number of hydrogen-bond donors (Lipinski definition) is 2. The van der Waals surface area contributed by atoms with Crippen molar-refractivity contribution in [3.63, 3.8) is 0 Å². The summed E-state index contributed by atoms with van der Waals surface area (Å²) in [7, 11) is 3.69. The van der Waals surface area contributed by atoms with Crippen molar-refractivity contribution >= 4 is 5.97 Å². The number of nitrogens with two attached hydrogens (primary N) is 1. The zero-order valence-electron chi connectivity index (χ0n) is 12.1. The summed E-state index contributed by atoms with van der Waals surface area (Å²) in [6.07, 6.45) is 1.03. The van der Waals surface area contributed by atoms with Gasteiger partial charge in [-0.2, -0.15) is 0 Å². The molecule has 0 saturated heterocycles. The molecule has 2 atom stereocenters. The molecule has 1 aromatic carbocycles. The van der Waals surface area contributed by atoms with Gasteiger partial charge in [0.1, 0.15) is 6.04 Å². The molecule has 0 radical (unpaired) electrons. The van der Waals surface area contributed by atoms with Crippen molar-refractivity contribution < 1.29 is 9.90 Å². The fraction of sp³-hybridized carbons (Fsp3) is 0.533. The largest absolute Gasteiger partial charge is 0.480 e. The number of rotatable bonds is 6. The van der Waals surface area contributed by atoms with Crippen LogP contribution in [-0.2, 0) is 11.2 Å². The Bertz CT molecular complexity index is 413. The van der Waals surface area contributed by atoms with Crippen LogP contribution in [0.3, 0.4) is 0 Å². The predicted octanol–water partition coefficient (Wildman–Crippen LogP) is 1.90. The Morgan fingerprint density at radius 1 is 1.26 bits per heavy atom. The van der Waals surface area contributed by atoms with Gasteiger partial charge in [-0.25, -0.2) is 0 Å². The molecule has 19 heavy (non-hydrogen) atoms. The zero-order chi connectivity index (χ0) is 14.6. The molecule has 0 aliphatic carbocycles. The molecule has 4 heteroatoms. The molecule has 106 valence electrons. The Balaban J connectivity index is 2.95. The first kappa shape index (κ1) is 15.7. The van der Waals surface area contributed by atoms with E-state index in [1.807, 2.05) is 31.1 Å². The second-order valence-corrected chi connectivity index (χ2v) is 5.61. The monoisotopic (exact) mass is 264 g/mol. The summed E-state index contributed by atoms with van der Waals surface area (Å²) < 4.78 is 0. The minimum Gasteiger partial charge on any atom is -0.480 e. The first-order valence-electron chi connectivity index (χ1n) is 6.56. The number of aliphatic carboxylic acids is 1. The van der Waals surface area contributed by atoms with Crippen molar-refractivity contribution in [3.8, 4) is 0 Å². The van der Waals surface area contributed by atoms with E-state index in [1.54, 1.807) is 0 Å². The summed E-state index contributed by atoms with van der Waals surface area (Å²) in [5.41, 5.74) is 7.97. The molecule has 0 fully saturated rings. The van der Waals surface area contributed by atoms with Crippen LogP contribution in [0.5, 0.6) is 0 Å². The van der Waals surface area contributed by atoms with E-state index in [0.29, 0.717) is 5.92 Å². The van der Waals surface area contributed by atoms with Gasteiger partial charge in [0.15, 0.2) is 0 Å². The van der Waals surface area contributed by atoms with Crippen molar-refractivity contribution in [1.29, 1.82) is 0 Å². The molecule has 3 N–H and O–H groups in total. The van der Waals surface area contributed by atoms with Crippen molar-refractivity contribution in [2.45, 2.75) is 32.4 Å². The van der Waals surface area contributed by atoms with Crippen LogP contribution in [0, 0.1) is 5.92 Å². The average Bonchev–Trinajstić information content (AvgIpc) is 2.30. The van der Waals surface area contributed by atoms with Crippen molar-refractivity contribution in [2.75, 3.05) is 14.1 Å². The second-order valence-electron chi connectivity index (χ2n) is 5.61. The number of carboxylic acid groups (broad SMARTS) is 1. The molecule has 1 rings (SSSR count). The highest BCUT2D eigenvalue weighted by Gasteiger charge is 2.27. The van der Waals surface area contributed by atoms with Gasteiger partial charge in [0, 0.05) is 0 Å². The summed E-state index contributed by atoms with van der Waals surface area (Å²) in [6, 6.07) is 6.83. The molecule has 0 aliphatic heterocycles. The number of nitrogens with zero attached hydrogens (tertiary/aromatic N) is 1. The van der Waals surface area contributed by atoms with E-state index in [2.05, 4.69) is 26.0 Å². The fourth-order valence-electron chi connectivity index (χ4n) is 2.28. The van der Waals surface area contributed by atoms with Crippen LogP contribution in [-0.4, -0.2) is 36.1 Å². The molecule has 0 aliphatic rings. The second kappa shape index (κ2) is 6.68. The molecule has 0 saturated carbocycles. The lowest BCUT2D eigenvalue weighted by molar-refractivity contribution is -0.140. The van der Waals surface area contributed by atoms with E-state index < -0.39 is 12.0 Å². The highest BCUT2D eigenvalue weighted by molar-refractivity contribution is 5.74. The average molecular weight is 264 g/mol. The number of carboxylic acids is 1. The maximum absolute atomic E-state index is 11.1. The molecule has 0 spiro atoms. The van der Waals surface area contributed by atoms with Crippen molar-refractivity contribution in [3.05, 3.63) is 35.4 Å². The van der Waals surface area contributed by atoms with E-state index in [4.69, 9.17) is 10.8 Å². The molecule has 0 heterocycles. The predicted molar refractivity (Wildman–Crippen MR) is 77.0 cm³/mol. The lowest BCUT2D eigenvalue weighted by atomic mass is 9.95. The Hall–Kier alpha value is -1.39. The lowest BCUT2D eigenvalue weighted by Crippen LogP contribution is -2.43. The third-order valence-corrected chi connectivity index (χ3v) is 3.15. The highest BCUT2D eigenvalue weighted by Crippen LogP contribution is 2.22. The summed E-state index contributed by atoms with van der Waals surface area (Å²) in [5, 5.41) is 9.08. The standard InChI is InChI=1S/C15H24N2O2/c1-10(2)9-11-5-7-12(8-6-11)14(17(3)4)13(16)15(18)19/h5-8,10,13-14H,9,16H2,1-4H3,(H,18,19). The van der Waals surface area contributed by atoms with Crippen LogP contribution in [0.25, 0.3) is 0 Å².